The summed E-state index contributed by atoms with van der Waals surface area (Å²) in [5.74, 6) is 0. The number of hydrogen-bond acceptors (Lipinski definition) is 1. The summed E-state index contributed by atoms with van der Waals surface area (Å²) in [4.78, 5) is 4.25. The Morgan fingerprint density at radius 1 is 0.875 bits per heavy atom. The van der Waals surface area contributed by atoms with Crippen LogP contribution in [-0.2, 0) is 6.42 Å². The van der Waals surface area contributed by atoms with Crippen LogP contribution in [0.5, 0.6) is 0 Å². The summed E-state index contributed by atoms with van der Waals surface area (Å²) >= 11 is 0. The van der Waals surface area contributed by atoms with Crippen molar-refractivity contribution in [2.24, 2.45) is 0 Å². The highest BCUT2D eigenvalue weighted by atomic mass is 14.6. The number of aryl methyl sites for hydroxylation is 3. The molecular formula is C15H17N. The molecule has 0 aliphatic heterocycles. The van der Waals surface area contributed by atoms with Gasteiger partial charge in [-0.15, -0.1) is 0 Å². The lowest BCUT2D eigenvalue weighted by Gasteiger charge is -2.06. The molecule has 0 aliphatic carbocycles. The molecule has 82 valence electrons. The summed E-state index contributed by atoms with van der Waals surface area (Å²) in [5.41, 5.74) is 6.39. The molecule has 0 unspecified atom stereocenters. The summed E-state index contributed by atoms with van der Waals surface area (Å²) in [6, 6.07) is 8.90. The molecule has 16 heavy (non-hydrogen) atoms. The van der Waals surface area contributed by atoms with Gasteiger partial charge in [0, 0.05) is 18.0 Å². The average molecular weight is 211 g/mol. The van der Waals surface area contributed by atoms with E-state index in [0.717, 1.165) is 6.42 Å². The van der Waals surface area contributed by atoms with E-state index in [1.807, 2.05) is 12.4 Å². The summed E-state index contributed by atoms with van der Waals surface area (Å²) < 4.78 is 0. The molecule has 2 aromatic rings. The average Bonchev–Trinajstić information content (AvgIpc) is 2.28. The third-order valence-corrected chi connectivity index (χ3v) is 2.75. The van der Waals surface area contributed by atoms with Gasteiger partial charge in [-0.1, -0.05) is 30.7 Å². The summed E-state index contributed by atoms with van der Waals surface area (Å²) in [6.07, 6.45) is 4.90. The van der Waals surface area contributed by atoms with Crippen molar-refractivity contribution >= 4 is 0 Å². The minimum atomic E-state index is 1.08. The maximum Gasteiger partial charge on any atom is 0.0346 e. The van der Waals surface area contributed by atoms with Crippen LogP contribution in [0.25, 0.3) is 11.1 Å². The van der Waals surface area contributed by atoms with E-state index in [9.17, 15) is 0 Å². The lowest BCUT2D eigenvalue weighted by atomic mass is 10.00. The Kier molecular flexibility index (Phi) is 3.04. The maximum atomic E-state index is 4.25. The van der Waals surface area contributed by atoms with Gasteiger partial charge in [0.05, 0.1) is 0 Å². The van der Waals surface area contributed by atoms with Crippen molar-refractivity contribution in [2.45, 2.75) is 27.2 Å². The number of nitrogens with zero attached hydrogens (tertiary/aromatic N) is 1. The smallest absolute Gasteiger partial charge is 0.0346 e. The van der Waals surface area contributed by atoms with Crippen molar-refractivity contribution in [3.63, 3.8) is 0 Å². The Morgan fingerprint density at radius 3 is 2.31 bits per heavy atom. The van der Waals surface area contributed by atoms with Gasteiger partial charge in [-0.05, 0) is 43.0 Å². The summed E-state index contributed by atoms with van der Waals surface area (Å²) in [6.45, 7) is 6.41. The first kappa shape index (κ1) is 10.9. The first-order valence-electron chi connectivity index (χ1n) is 5.71. The van der Waals surface area contributed by atoms with E-state index in [1.165, 1.54) is 27.8 Å². The molecule has 0 aliphatic rings. The van der Waals surface area contributed by atoms with Crippen molar-refractivity contribution in [2.75, 3.05) is 0 Å². The predicted octanol–water partition coefficient (Wildman–Crippen LogP) is 3.93. The number of benzene rings is 1. The Balaban J connectivity index is 2.51. The van der Waals surface area contributed by atoms with Gasteiger partial charge < -0.3 is 0 Å². The van der Waals surface area contributed by atoms with Gasteiger partial charge in [-0.25, -0.2) is 0 Å². The third-order valence-electron chi connectivity index (χ3n) is 2.75. The molecule has 1 aromatic heterocycles. The maximum absolute atomic E-state index is 4.25. The van der Waals surface area contributed by atoms with Crippen LogP contribution in [0.15, 0.2) is 36.7 Å². The van der Waals surface area contributed by atoms with Crippen molar-refractivity contribution in [1.29, 1.82) is 0 Å². The zero-order chi connectivity index (χ0) is 11.5. The van der Waals surface area contributed by atoms with Crippen molar-refractivity contribution in [3.05, 3.63) is 53.3 Å². The van der Waals surface area contributed by atoms with Gasteiger partial charge >= 0.3 is 0 Å². The minimum absolute atomic E-state index is 1.08. The molecule has 1 nitrogen and oxygen atoms in total. The van der Waals surface area contributed by atoms with Gasteiger partial charge in [-0.2, -0.15) is 0 Å². The Morgan fingerprint density at radius 2 is 1.62 bits per heavy atom. The Labute approximate surface area is 97.2 Å². The van der Waals surface area contributed by atoms with Crippen LogP contribution in [0.4, 0.5) is 0 Å². The zero-order valence-electron chi connectivity index (χ0n) is 10.1. The highest BCUT2D eigenvalue weighted by Crippen LogP contribution is 2.22. The molecule has 0 radical (unpaired) electrons. The summed E-state index contributed by atoms with van der Waals surface area (Å²) in [5, 5.41) is 0. The Hall–Kier alpha value is -1.63. The third kappa shape index (κ3) is 2.30. The predicted molar refractivity (Wildman–Crippen MR) is 68.5 cm³/mol. The van der Waals surface area contributed by atoms with Gasteiger partial charge in [0.25, 0.3) is 0 Å². The number of aromatic nitrogens is 1. The van der Waals surface area contributed by atoms with Gasteiger partial charge in [0.15, 0.2) is 0 Å². The Bertz CT molecular complexity index is 501. The monoisotopic (exact) mass is 211 g/mol. The van der Waals surface area contributed by atoms with Crippen LogP contribution in [-0.4, -0.2) is 4.98 Å². The first-order chi connectivity index (χ1) is 7.69. The first-order valence-corrected chi connectivity index (χ1v) is 5.71. The molecule has 0 atom stereocenters. The van der Waals surface area contributed by atoms with Crippen molar-refractivity contribution in [1.82, 2.24) is 4.98 Å². The number of rotatable bonds is 2. The van der Waals surface area contributed by atoms with Gasteiger partial charge in [0.1, 0.15) is 0 Å². The molecule has 1 heterocycles. The lowest BCUT2D eigenvalue weighted by Crippen LogP contribution is -1.87. The second kappa shape index (κ2) is 4.48. The fourth-order valence-corrected chi connectivity index (χ4v) is 1.95. The highest BCUT2D eigenvalue weighted by Gasteiger charge is 2.01. The standard InChI is InChI=1S/C15H17N/c1-4-13-5-11(2)6-14(8-13)15-7-12(3)9-16-10-15/h5-10H,4H2,1-3H3. The topological polar surface area (TPSA) is 12.9 Å². The SMILES string of the molecule is CCc1cc(C)cc(-c2cncc(C)c2)c1. The van der Waals surface area contributed by atoms with Crippen LogP contribution in [0.3, 0.4) is 0 Å². The second-order valence-corrected chi connectivity index (χ2v) is 4.31. The number of hydrogen-bond donors (Lipinski definition) is 0. The van der Waals surface area contributed by atoms with Gasteiger partial charge in [0.2, 0.25) is 0 Å². The van der Waals surface area contributed by atoms with E-state index >= 15 is 0 Å². The van der Waals surface area contributed by atoms with Crippen molar-refractivity contribution < 1.29 is 0 Å². The molecular weight excluding hydrogens is 194 g/mol. The molecule has 0 N–H and O–H groups in total. The lowest BCUT2D eigenvalue weighted by molar-refractivity contribution is 1.13. The molecule has 1 aromatic carbocycles. The van der Waals surface area contributed by atoms with E-state index in [4.69, 9.17) is 0 Å². The molecule has 0 saturated carbocycles. The van der Waals surface area contributed by atoms with E-state index in [-0.39, 0.29) is 0 Å². The van der Waals surface area contributed by atoms with Crippen LogP contribution >= 0.6 is 0 Å². The highest BCUT2D eigenvalue weighted by molar-refractivity contribution is 5.64. The summed E-state index contributed by atoms with van der Waals surface area (Å²) in [7, 11) is 0. The van der Waals surface area contributed by atoms with Crippen LogP contribution in [0.2, 0.25) is 0 Å². The van der Waals surface area contributed by atoms with E-state index in [2.05, 4.69) is 50.0 Å². The quantitative estimate of drug-likeness (QED) is 0.733. The van der Waals surface area contributed by atoms with Crippen LogP contribution in [0, 0.1) is 13.8 Å². The molecule has 1 heteroatoms. The van der Waals surface area contributed by atoms with Gasteiger partial charge in [-0.3, -0.25) is 4.98 Å². The molecule has 0 amide bonds. The van der Waals surface area contributed by atoms with Crippen molar-refractivity contribution in [3.8, 4) is 11.1 Å². The van der Waals surface area contributed by atoms with Crippen LogP contribution in [0.1, 0.15) is 23.6 Å². The fourth-order valence-electron chi connectivity index (χ4n) is 1.95. The van der Waals surface area contributed by atoms with E-state index in [1.54, 1.807) is 0 Å². The van der Waals surface area contributed by atoms with Crippen LogP contribution < -0.4 is 0 Å². The molecule has 2 rings (SSSR count). The number of pyridine rings is 1. The second-order valence-electron chi connectivity index (χ2n) is 4.31. The molecule has 0 spiro atoms. The largest absolute Gasteiger partial charge is 0.264 e. The van der Waals surface area contributed by atoms with E-state index in [0.29, 0.717) is 0 Å². The molecule has 0 bridgehead atoms. The fraction of sp³-hybridized carbons (Fsp3) is 0.267. The minimum Gasteiger partial charge on any atom is -0.264 e. The zero-order valence-corrected chi connectivity index (χ0v) is 10.1. The normalized spacial score (nSPS) is 10.4. The van der Waals surface area contributed by atoms with E-state index < -0.39 is 0 Å². The molecule has 0 saturated heterocycles. The molecule has 0 fully saturated rings.